The molecule has 0 saturated heterocycles. The van der Waals surface area contributed by atoms with Crippen LogP contribution in [-0.2, 0) is 7.05 Å². The monoisotopic (exact) mass is 163 g/mol. The van der Waals surface area contributed by atoms with Crippen molar-refractivity contribution >= 4 is 11.2 Å². The van der Waals surface area contributed by atoms with Crippen LogP contribution in [0, 0.1) is 6.92 Å². The van der Waals surface area contributed by atoms with Gasteiger partial charge in [-0.2, -0.15) is 0 Å². The Kier molecular flexibility index (Phi) is 1.30. The van der Waals surface area contributed by atoms with Crippen molar-refractivity contribution in [3.63, 3.8) is 0 Å². The van der Waals surface area contributed by atoms with E-state index < -0.39 is 0 Å². The molecular weight excluding hydrogens is 154 g/mol. The minimum absolute atomic E-state index is 0.156. The molecule has 2 rings (SSSR count). The molecule has 0 aromatic carbocycles. The van der Waals surface area contributed by atoms with Gasteiger partial charge < -0.3 is 9.55 Å². The number of hydrogen-bond acceptors (Lipinski definition) is 2. The molecule has 0 fully saturated rings. The molecule has 1 N–H and O–H groups in total. The van der Waals surface area contributed by atoms with Crippen molar-refractivity contribution in [2.75, 3.05) is 0 Å². The van der Waals surface area contributed by atoms with Gasteiger partial charge in [0.05, 0.1) is 11.7 Å². The molecule has 0 aliphatic rings. The third-order valence-electron chi connectivity index (χ3n) is 1.89. The summed E-state index contributed by atoms with van der Waals surface area (Å²) in [5.74, 6) is 0. The molecule has 4 heteroatoms. The molecule has 0 atom stereocenters. The van der Waals surface area contributed by atoms with Gasteiger partial charge in [0.1, 0.15) is 0 Å². The van der Waals surface area contributed by atoms with Gasteiger partial charge in [0.25, 0.3) is 5.56 Å². The molecule has 0 amide bonds. The molecule has 0 bridgehead atoms. The van der Waals surface area contributed by atoms with Crippen LogP contribution in [0.4, 0.5) is 0 Å². The number of nitrogens with zero attached hydrogens (tertiary/aromatic N) is 2. The molecule has 0 saturated carbocycles. The average Bonchev–Trinajstić information content (AvgIpc) is 2.28. The highest BCUT2D eigenvalue weighted by Gasteiger charge is 2.03. The Bertz CT molecular complexity index is 480. The van der Waals surface area contributed by atoms with E-state index in [1.165, 1.54) is 6.20 Å². The van der Waals surface area contributed by atoms with Gasteiger partial charge in [0, 0.05) is 13.2 Å². The number of aromatic amines is 1. The van der Waals surface area contributed by atoms with Crippen LogP contribution in [0.3, 0.4) is 0 Å². The second-order valence-electron chi connectivity index (χ2n) is 2.87. The first-order chi connectivity index (χ1) is 5.68. The van der Waals surface area contributed by atoms with E-state index in [1.54, 1.807) is 0 Å². The second kappa shape index (κ2) is 2.20. The number of aryl methyl sites for hydroxylation is 2. The topological polar surface area (TPSA) is 50.7 Å². The lowest BCUT2D eigenvalue weighted by Crippen LogP contribution is -2.05. The van der Waals surface area contributed by atoms with Gasteiger partial charge in [-0.05, 0) is 12.5 Å². The maximum atomic E-state index is 10.9. The lowest BCUT2D eigenvalue weighted by Gasteiger charge is -1.91. The van der Waals surface area contributed by atoms with Gasteiger partial charge in [0.15, 0.2) is 5.65 Å². The fourth-order valence-corrected chi connectivity index (χ4v) is 1.35. The number of hydrogen-bond donors (Lipinski definition) is 1. The number of rotatable bonds is 0. The van der Waals surface area contributed by atoms with E-state index >= 15 is 0 Å². The van der Waals surface area contributed by atoms with Crippen molar-refractivity contribution in [1.29, 1.82) is 0 Å². The number of fused-ring (bicyclic) bond motifs is 1. The van der Waals surface area contributed by atoms with Crippen LogP contribution in [0.25, 0.3) is 11.2 Å². The fraction of sp³-hybridized carbons (Fsp3) is 0.250. The van der Waals surface area contributed by atoms with Gasteiger partial charge in [0.2, 0.25) is 0 Å². The minimum atomic E-state index is -0.156. The van der Waals surface area contributed by atoms with Crippen molar-refractivity contribution in [2.24, 2.45) is 7.05 Å². The highest BCUT2D eigenvalue weighted by molar-refractivity contribution is 5.74. The van der Waals surface area contributed by atoms with Gasteiger partial charge >= 0.3 is 0 Å². The van der Waals surface area contributed by atoms with Gasteiger partial charge in [-0.1, -0.05) is 0 Å². The van der Waals surface area contributed by atoms with Crippen LogP contribution in [-0.4, -0.2) is 14.5 Å². The quantitative estimate of drug-likeness (QED) is 0.617. The normalized spacial score (nSPS) is 10.8. The lowest BCUT2D eigenvalue weighted by molar-refractivity contribution is 0.941. The summed E-state index contributed by atoms with van der Waals surface area (Å²) in [6.45, 7) is 1.94. The largest absolute Gasteiger partial charge is 0.334 e. The van der Waals surface area contributed by atoms with E-state index in [0.717, 1.165) is 16.7 Å². The molecule has 2 aromatic rings. The molecule has 0 aliphatic carbocycles. The van der Waals surface area contributed by atoms with Crippen LogP contribution in [0.15, 0.2) is 17.2 Å². The van der Waals surface area contributed by atoms with E-state index in [9.17, 15) is 4.79 Å². The maximum absolute atomic E-state index is 10.9. The van der Waals surface area contributed by atoms with Crippen LogP contribution in [0.1, 0.15) is 5.56 Å². The molecule has 0 radical (unpaired) electrons. The van der Waals surface area contributed by atoms with Crippen LogP contribution >= 0.6 is 0 Å². The highest BCUT2D eigenvalue weighted by Crippen LogP contribution is 2.12. The Hall–Kier alpha value is -1.58. The van der Waals surface area contributed by atoms with Crippen molar-refractivity contribution in [1.82, 2.24) is 14.5 Å². The van der Waals surface area contributed by atoms with E-state index in [1.807, 2.05) is 24.7 Å². The Morgan fingerprint density at radius 1 is 1.58 bits per heavy atom. The maximum Gasteiger partial charge on any atom is 0.267 e. The zero-order valence-electron chi connectivity index (χ0n) is 6.96. The van der Waals surface area contributed by atoms with Crippen LogP contribution in [0.5, 0.6) is 0 Å². The Balaban J connectivity index is 3.00. The molecule has 0 spiro atoms. The molecule has 4 nitrogen and oxygen atoms in total. The summed E-state index contributed by atoms with van der Waals surface area (Å²) in [5, 5.41) is 0. The van der Waals surface area contributed by atoms with Crippen molar-refractivity contribution in [3.05, 3.63) is 28.3 Å². The molecule has 2 aromatic heterocycles. The summed E-state index contributed by atoms with van der Waals surface area (Å²) in [6.07, 6.45) is 3.23. The van der Waals surface area contributed by atoms with Crippen molar-refractivity contribution < 1.29 is 0 Å². The van der Waals surface area contributed by atoms with Gasteiger partial charge in [-0.3, -0.25) is 4.79 Å². The molecular formula is C8H9N3O. The standard InChI is InChI=1S/C8H9N3O/c1-5-4-11(2)8-7(5)10-6(12)3-9-8/h3-4H,1-2H3,(H,10,12). The predicted molar refractivity (Wildman–Crippen MR) is 46.1 cm³/mol. The zero-order valence-corrected chi connectivity index (χ0v) is 6.96. The third kappa shape index (κ3) is 0.845. The van der Waals surface area contributed by atoms with E-state index in [4.69, 9.17) is 0 Å². The summed E-state index contributed by atoms with van der Waals surface area (Å²) in [6, 6.07) is 0. The van der Waals surface area contributed by atoms with E-state index in [2.05, 4.69) is 9.97 Å². The average molecular weight is 163 g/mol. The summed E-state index contributed by atoms with van der Waals surface area (Å²) in [5.41, 5.74) is 2.52. The number of aromatic nitrogens is 3. The summed E-state index contributed by atoms with van der Waals surface area (Å²) in [7, 11) is 1.90. The van der Waals surface area contributed by atoms with Crippen LogP contribution in [0.2, 0.25) is 0 Å². The first kappa shape index (κ1) is 7.09. The molecule has 0 unspecified atom stereocenters. The van der Waals surface area contributed by atoms with E-state index in [-0.39, 0.29) is 5.56 Å². The predicted octanol–water partition coefficient (Wildman–Crippen LogP) is 0.570. The van der Waals surface area contributed by atoms with Gasteiger partial charge in [-0.15, -0.1) is 0 Å². The molecule has 2 heterocycles. The van der Waals surface area contributed by atoms with E-state index in [0.29, 0.717) is 0 Å². The summed E-state index contributed by atoms with van der Waals surface area (Å²) >= 11 is 0. The minimum Gasteiger partial charge on any atom is -0.334 e. The lowest BCUT2D eigenvalue weighted by atomic mass is 10.3. The Morgan fingerprint density at radius 3 is 3.08 bits per heavy atom. The van der Waals surface area contributed by atoms with Crippen molar-refractivity contribution in [3.8, 4) is 0 Å². The van der Waals surface area contributed by atoms with Gasteiger partial charge in [-0.25, -0.2) is 4.98 Å². The zero-order chi connectivity index (χ0) is 8.72. The Morgan fingerprint density at radius 2 is 2.33 bits per heavy atom. The first-order valence-corrected chi connectivity index (χ1v) is 3.69. The molecule has 62 valence electrons. The van der Waals surface area contributed by atoms with Crippen LogP contribution < -0.4 is 5.56 Å². The highest BCUT2D eigenvalue weighted by atomic mass is 16.1. The molecule has 12 heavy (non-hydrogen) atoms. The summed E-state index contributed by atoms with van der Waals surface area (Å²) < 4.78 is 1.89. The Labute approximate surface area is 68.9 Å². The first-order valence-electron chi connectivity index (χ1n) is 3.69. The molecule has 0 aliphatic heterocycles. The fourth-order valence-electron chi connectivity index (χ4n) is 1.35. The number of H-pyrrole nitrogens is 1. The van der Waals surface area contributed by atoms with Crippen molar-refractivity contribution in [2.45, 2.75) is 6.92 Å². The third-order valence-corrected chi connectivity index (χ3v) is 1.89. The number of nitrogens with one attached hydrogen (secondary N) is 1. The SMILES string of the molecule is Cc1cn(C)c2ncc(=O)[nH]c12. The smallest absolute Gasteiger partial charge is 0.267 e. The second-order valence-corrected chi connectivity index (χ2v) is 2.87. The summed E-state index contributed by atoms with van der Waals surface area (Å²) in [4.78, 5) is 17.7.